The average molecular weight is 350 g/mol. The minimum atomic E-state index is -3.57. The maximum atomic E-state index is 12.0. The molecule has 8 heteroatoms. The van der Waals surface area contributed by atoms with Gasteiger partial charge in [-0.25, -0.2) is 13.1 Å². The van der Waals surface area contributed by atoms with Gasteiger partial charge in [-0.05, 0) is 38.5 Å². The molecule has 2 rings (SSSR count). The van der Waals surface area contributed by atoms with Crippen LogP contribution in [0.5, 0.6) is 0 Å². The number of halogens is 1. The molecular formula is C13H16ClNO4S2. The third-order valence-corrected chi connectivity index (χ3v) is 6.15. The normalized spacial score (nSPS) is 13.5. The quantitative estimate of drug-likeness (QED) is 0.840. The number of furan rings is 1. The van der Waals surface area contributed by atoms with Crippen LogP contribution in [0, 0.1) is 13.8 Å². The second kappa shape index (κ2) is 6.50. The maximum absolute atomic E-state index is 12.0. The summed E-state index contributed by atoms with van der Waals surface area (Å²) in [4.78, 5) is 0. The van der Waals surface area contributed by atoms with Gasteiger partial charge in [-0.2, -0.15) is 0 Å². The number of rotatable bonds is 6. The third kappa shape index (κ3) is 4.08. The Bertz CT molecular complexity index is 720. The van der Waals surface area contributed by atoms with Gasteiger partial charge < -0.3 is 9.52 Å². The molecule has 116 valence electrons. The summed E-state index contributed by atoms with van der Waals surface area (Å²) in [5.41, 5.74) is 0.686. The van der Waals surface area contributed by atoms with Gasteiger partial charge >= 0.3 is 0 Å². The molecule has 0 aliphatic carbocycles. The summed E-state index contributed by atoms with van der Waals surface area (Å²) >= 11 is 6.72. The van der Waals surface area contributed by atoms with Crippen LogP contribution in [0.25, 0.3) is 0 Å². The van der Waals surface area contributed by atoms with Gasteiger partial charge in [0.05, 0.1) is 10.4 Å². The summed E-state index contributed by atoms with van der Waals surface area (Å²) in [5, 5.41) is 10.1. The molecule has 0 amide bonds. The molecule has 0 saturated carbocycles. The molecule has 0 fully saturated rings. The van der Waals surface area contributed by atoms with Crippen molar-refractivity contribution in [2.45, 2.75) is 30.6 Å². The van der Waals surface area contributed by atoms with Crippen LogP contribution in [0.1, 0.15) is 29.6 Å². The van der Waals surface area contributed by atoms with Gasteiger partial charge in [0.15, 0.2) is 0 Å². The lowest BCUT2D eigenvalue weighted by Crippen LogP contribution is -2.25. The largest absolute Gasteiger partial charge is 0.466 e. The third-order valence-electron chi connectivity index (χ3n) is 2.96. The SMILES string of the molecule is Cc1cc([C@@H](O)CCNS(=O)(=O)c2ccc(Cl)s2)c(C)o1. The van der Waals surface area contributed by atoms with Gasteiger partial charge in [-0.15, -0.1) is 11.3 Å². The van der Waals surface area contributed by atoms with Crippen molar-refractivity contribution in [3.63, 3.8) is 0 Å². The molecule has 21 heavy (non-hydrogen) atoms. The van der Waals surface area contributed by atoms with Crippen molar-refractivity contribution in [2.75, 3.05) is 6.54 Å². The molecule has 1 atom stereocenters. The lowest BCUT2D eigenvalue weighted by Gasteiger charge is -2.10. The van der Waals surface area contributed by atoms with Crippen molar-refractivity contribution in [3.05, 3.63) is 39.6 Å². The first-order valence-electron chi connectivity index (χ1n) is 6.29. The predicted octanol–water partition coefficient (Wildman–Crippen LogP) is 3.01. The molecule has 2 heterocycles. The summed E-state index contributed by atoms with van der Waals surface area (Å²) in [5.74, 6) is 1.36. The van der Waals surface area contributed by atoms with E-state index in [1.165, 1.54) is 12.1 Å². The van der Waals surface area contributed by atoms with Gasteiger partial charge in [0, 0.05) is 12.1 Å². The van der Waals surface area contributed by atoms with E-state index < -0.39 is 16.1 Å². The van der Waals surface area contributed by atoms with Crippen LogP contribution in [0.3, 0.4) is 0 Å². The topological polar surface area (TPSA) is 79.5 Å². The first-order valence-corrected chi connectivity index (χ1v) is 8.97. The summed E-state index contributed by atoms with van der Waals surface area (Å²) in [6.45, 7) is 3.69. The molecule has 0 saturated heterocycles. The van der Waals surface area contributed by atoms with Crippen molar-refractivity contribution in [3.8, 4) is 0 Å². The monoisotopic (exact) mass is 349 g/mol. The van der Waals surface area contributed by atoms with E-state index >= 15 is 0 Å². The summed E-state index contributed by atoms with van der Waals surface area (Å²) in [7, 11) is -3.57. The second-order valence-corrected chi connectivity index (χ2v) is 8.34. The van der Waals surface area contributed by atoms with E-state index in [9.17, 15) is 13.5 Å². The standard InChI is InChI=1S/C13H16ClNO4S2/c1-8-7-10(9(2)19-8)11(16)5-6-15-21(17,18)13-4-3-12(14)20-13/h3-4,7,11,15-16H,5-6H2,1-2H3/t11-/m0/s1. The van der Waals surface area contributed by atoms with Crippen molar-refractivity contribution >= 4 is 33.0 Å². The van der Waals surface area contributed by atoms with Crippen LogP contribution in [-0.4, -0.2) is 20.1 Å². The maximum Gasteiger partial charge on any atom is 0.250 e. The lowest BCUT2D eigenvalue weighted by atomic mass is 10.1. The van der Waals surface area contributed by atoms with E-state index in [0.29, 0.717) is 15.7 Å². The van der Waals surface area contributed by atoms with E-state index in [1.54, 1.807) is 19.9 Å². The number of hydrogen-bond acceptors (Lipinski definition) is 5. The Morgan fingerprint density at radius 1 is 1.43 bits per heavy atom. The highest BCUT2D eigenvalue weighted by atomic mass is 35.5. The number of aryl methyl sites for hydroxylation is 2. The molecule has 0 unspecified atom stereocenters. The number of nitrogens with one attached hydrogen (secondary N) is 1. The van der Waals surface area contributed by atoms with Gasteiger partial charge in [0.1, 0.15) is 15.7 Å². The van der Waals surface area contributed by atoms with Crippen LogP contribution in [0.4, 0.5) is 0 Å². The van der Waals surface area contributed by atoms with Crippen molar-refractivity contribution in [2.24, 2.45) is 0 Å². The molecule has 2 aromatic rings. The van der Waals surface area contributed by atoms with Gasteiger partial charge in [0.2, 0.25) is 10.0 Å². The molecule has 5 nitrogen and oxygen atoms in total. The van der Waals surface area contributed by atoms with Crippen LogP contribution in [0.15, 0.2) is 26.8 Å². The predicted molar refractivity (Wildman–Crippen MR) is 82.3 cm³/mol. The fourth-order valence-electron chi connectivity index (χ4n) is 1.98. The van der Waals surface area contributed by atoms with E-state index in [-0.39, 0.29) is 17.2 Å². The first kappa shape index (κ1) is 16.5. The Morgan fingerprint density at radius 2 is 2.14 bits per heavy atom. The van der Waals surface area contributed by atoms with Gasteiger partial charge in [0.25, 0.3) is 0 Å². The molecule has 0 radical (unpaired) electrons. The molecule has 2 N–H and O–H groups in total. The van der Waals surface area contributed by atoms with E-state index in [4.69, 9.17) is 16.0 Å². The minimum absolute atomic E-state index is 0.128. The van der Waals surface area contributed by atoms with E-state index in [2.05, 4.69) is 4.72 Å². The Balaban J connectivity index is 1.93. The van der Waals surface area contributed by atoms with Crippen LogP contribution < -0.4 is 4.72 Å². The summed E-state index contributed by atoms with van der Waals surface area (Å²) in [6, 6.07) is 4.75. The van der Waals surface area contributed by atoms with Crippen molar-refractivity contribution in [1.29, 1.82) is 0 Å². The molecule has 0 aliphatic rings. The van der Waals surface area contributed by atoms with E-state index in [1.807, 2.05) is 0 Å². The van der Waals surface area contributed by atoms with Gasteiger partial charge in [-0.3, -0.25) is 0 Å². The zero-order valence-electron chi connectivity index (χ0n) is 11.6. The number of aliphatic hydroxyl groups is 1. The van der Waals surface area contributed by atoms with E-state index in [0.717, 1.165) is 17.1 Å². The minimum Gasteiger partial charge on any atom is -0.466 e. The van der Waals surface area contributed by atoms with Crippen LogP contribution in [-0.2, 0) is 10.0 Å². The summed E-state index contributed by atoms with van der Waals surface area (Å²) < 4.78 is 32.3. The number of aliphatic hydroxyl groups excluding tert-OH is 1. The highest BCUT2D eigenvalue weighted by molar-refractivity contribution is 7.91. The highest BCUT2D eigenvalue weighted by Crippen LogP contribution is 2.26. The highest BCUT2D eigenvalue weighted by Gasteiger charge is 2.18. The summed E-state index contributed by atoms with van der Waals surface area (Å²) in [6.07, 6.45) is -0.505. The van der Waals surface area contributed by atoms with Crippen molar-refractivity contribution < 1.29 is 17.9 Å². The molecule has 0 aliphatic heterocycles. The zero-order valence-corrected chi connectivity index (χ0v) is 14.0. The van der Waals surface area contributed by atoms with Crippen LogP contribution >= 0.6 is 22.9 Å². The Kier molecular flexibility index (Phi) is 5.11. The Morgan fingerprint density at radius 3 is 2.67 bits per heavy atom. The lowest BCUT2D eigenvalue weighted by molar-refractivity contribution is 0.167. The molecular weight excluding hydrogens is 334 g/mol. The van der Waals surface area contributed by atoms with Crippen LogP contribution in [0.2, 0.25) is 4.34 Å². The Hall–Kier alpha value is -0.860. The molecule has 0 spiro atoms. The number of thiophene rings is 1. The Labute approximate surface area is 132 Å². The molecule has 0 aromatic carbocycles. The average Bonchev–Trinajstić information content (AvgIpc) is 2.95. The van der Waals surface area contributed by atoms with Gasteiger partial charge in [-0.1, -0.05) is 11.6 Å². The molecule has 2 aromatic heterocycles. The second-order valence-electron chi connectivity index (χ2n) is 4.63. The van der Waals surface area contributed by atoms with Crippen molar-refractivity contribution in [1.82, 2.24) is 4.72 Å². The zero-order chi connectivity index (χ0) is 15.6. The fourth-order valence-corrected chi connectivity index (χ4v) is 4.56. The molecule has 0 bridgehead atoms. The number of hydrogen-bond donors (Lipinski definition) is 2. The fraction of sp³-hybridized carbons (Fsp3) is 0.385. The first-order chi connectivity index (χ1) is 9.79. The smallest absolute Gasteiger partial charge is 0.250 e. The number of sulfonamides is 1.